The third-order valence-electron chi connectivity index (χ3n) is 2.86. The van der Waals surface area contributed by atoms with Crippen molar-refractivity contribution >= 4 is 6.03 Å². The van der Waals surface area contributed by atoms with Crippen LogP contribution in [0.4, 0.5) is 4.79 Å². The maximum Gasteiger partial charge on any atom is 0.315 e. The molecule has 2 amide bonds. The maximum absolute atomic E-state index is 11.7. The van der Waals surface area contributed by atoms with Crippen molar-refractivity contribution in [2.45, 2.75) is 32.5 Å². The van der Waals surface area contributed by atoms with Crippen molar-refractivity contribution in [3.63, 3.8) is 0 Å². The molecule has 0 radical (unpaired) electrons. The van der Waals surface area contributed by atoms with E-state index < -0.39 is 0 Å². The van der Waals surface area contributed by atoms with Gasteiger partial charge in [-0.05, 0) is 24.5 Å². The van der Waals surface area contributed by atoms with E-state index in [0.29, 0.717) is 13.2 Å². The molecular formula is C14H22N2O3. The highest BCUT2D eigenvalue weighted by molar-refractivity contribution is 5.74. The van der Waals surface area contributed by atoms with Gasteiger partial charge in [-0.3, -0.25) is 0 Å². The largest absolute Gasteiger partial charge is 0.392 e. The Kier molecular flexibility index (Phi) is 6.92. The van der Waals surface area contributed by atoms with Crippen LogP contribution in [-0.2, 0) is 17.9 Å². The Morgan fingerprint density at radius 3 is 2.68 bits per heavy atom. The van der Waals surface area contributed by atoms with E-state index in [2.05, 4.69) is 10.6 Å². The lowest BCUT2D eigenvalue weighted by atomic mass is 10.1. The first-order chi connectivity index (χ1) is 9.17. The van der Waals surface area contributed by atoms with Gasteiger partial charge in [0.1, 0.15) is 0 Å². The van der Waals surface area contributed by atoms with Crippen LogP contribution in [-0.4, -0.2) is 30.9 Å². The van der Waals surface area contributed by atoms with Gasteiger partial charge in [0.15, 0.2) is 0 Å². The minimum Gasteiger partial charge on any atom is -0.392 e. The fourth-order valence-electron chi connectivity index (χ4n) is 1.70. The number of aliphatic hydroxyl groups is 1. The molecule has 0 spiro atoms. The molecule has 0 aliphatic rings. The third-order valence-corrected chi connectivity index (χ3v) is 2.86. The molecule has 0 saturated heterocycles. The van der Waals surface area contributed by atoms with Crippen molar-refractivity contribution in [3.05, 3.63) is 35.4 Å². The number of rotatable bonds is 7. The molecule has 5 heteroatoms. The minimum atomic E-state index is -0.212. The SMILES string of the molecule is COCCC(C)NC(=O)NCc1ccccc1CO. The van der Waals surface area contributed by atoms with Crippen molar-refractivity contribution in [1.82, 2.24) is 10.6 Å². The molecule has 1 aromatic rings. The lowest BCUT2D eigenvalue weighted by Gasteiger charge is -2.15. The van der Waals surface area contributed by atoms with Gasteiger partial charge in [-0.2, -0.15) is 0 Å². The second-order valence-corrected chi connectivity index (χ2v) is 4.44. The van der Waals surface area contributed by atoms with Gasteiger partial charge in [0.2, 0.25) is 0 Å². The second kappa shape index (κ2) is 8.50. The Labute approximate surface area is 114 Å². The van der Waals surface area contributed by atoms with Crippen LogP contribution >= 0.6 is 0 Å². The number of ether oxygens (including phenoxy) is 1. The van der Waals surface area contributed by atoms with E-state index in [1.54, 1.807) is 7.11 Å². The Bertz CT molecular complexity index is 396. The highest BCUT2D eigenvalue weighted by Gasteiger charge is 2.07. The third kappa shape index (κ3) is 5.72. The quantitative estimate of drug-likeness (QED) is 0.698. The molecule has 1 unspecified atom stereocenters. The predicted octanol–water partition coefficient (Wildman–Crippen LogP) is 1.40. The monoisotopic (exact) mass is 266 g/mol. The summed E-state index contributed by atoms with van der Waals surface area (Å²) < 4.78 is 4.95. The highest BCUT2D eigenvalue weighted by Crippen LogP contribution is 2.07. The summed E-state index contributed by atoms with van der Waals surface area (Å²) in [6.45, 7) is 2.93. The number of amides is 2. The summed E-state index contributed by atoms with van der Waals surface area (Å²) >= 11 is 0. The van der Waals surface area contributed by atoms with Gasteiger partial charge < -0.3 is 20.5 Å². The van der Waals surface area contributed by atoms with Crippen molar-refractivity contribution in [2.75, 3.05) is 13.7 Å². The van der Waals surface area contributed by atoms with Crippen LogP contribution in [0.25, 0.3) is 0 Å². The molecule has 3 N–H and O–H groups in total. The maximum atomic E-state index is 11.7. The zero-order chi connectivity index (χ0) is 14.1. The topological polar surface area (TPSA) is 70.6 Å². The molecule has 0 saturated carbocycles. The number of hydrogen-bond donors (Lipinski definition) is 3. The summed E-state index contributed by atoms with van der Waals surface area (Å²) in [5, 5.41) is 14.8. The first-order valence-corrected chi connectivity index (χ1v) is 6.38. The summed E-state index contributed by atoms with van der Waals surface area (Å²) in [6, 6.07) is 7.33. The van der Waals surface area contributed by atoms with Crippen LogP contribution in [0.5, 0.6) is 0 Å². The van der Waals surface area contributed by atoms with E-state index in [-0.39, 0.29) is 18.7 Å². The first kappa shape index (κ1) is 15.5. The number of methoxy groups -OCH3 is 1. The van der Waals surface area contributed by atoms with Crippen LogP contribution in [0.15, 0.2) is 24.3 Å². The Morgan fingerprint density at radius 1 is 1.37 bits per heavy atom. The van der Waals surface area contributed by atoms with Gasteiger partial charge in [0, 0.05) is 26.3 Å². The average molecular weight is 266 g/mol. The van der Waals surface area contributed by atoms with Crippen molar-refractivity contribution in [2.24, 2.45) is 0 Å². The summed E-state index contributed by atoms with van der Waals surface area (Å²) in [5.74, 6) is 0. The summed E-state index contributed by atoms with van der Waals surface area (Å²) in [5.41, 5.74) is 1.75. The van der Waals surface area contributed by atoms with Crippen molar-refractivity contribution < 1.29 is 14.6 Å². The van der Waals surface area contributed by atoms with Crippen LogP contribution in [0.3, 0.4) is 0 Å². The van der Waals surface area contributed by atoms with Gasteiger partial charge >= 0.3 is 6.03 Å². The number of urea groups is 1. The van der Waals surface area contributed by atoms with Gasteiger partial charge in [-0.1, -0.05) is 24.3 Å². The molecule has 5 nitrogen and oxygen atoms in total. The molecular weight excluding hydrogens is 244 g/mol. The standard InChI is InChI=1S/C14H22N2O3/c1-11(7-8-19-2)16-14(18)15-9-12-5-3-4-6-13(12)10-17/h3-6,11,17H,7-10H2,1-2H3,(H2,15,16,18). The molecule has 0 aliphatic carbocycles. The number of carbonyl (C=O) groups is 1. The molecule has 19 heavy (non-hydrogen) atoms. The molecule has 0 aliphatic heterocycles. The first-order valence-electron chi connectivity index (χ1n) is 6.38. The normalized spacial score (nSPS) is 11.9. The Balaban J connectivity index is 2.37. The lowest BCUT2D eigenvalue weighted by Crippen LogP contribution is -2.40. The molecule has 0 aromatic heterocycles. The van der Waals surface area contributed by atoms with Gasteiger partial charge in [0.25, 0.3) is 0 Å². The van der Waals surface area contributed by atoms with Crippen molar-refractivity contribution in [3.8, 4) is 0 Å². The molecule has 0 bridgehead atoms. The Morgan fingerprint density at radius 2 is 2.05 bits per heavy atom. The van der Waals surface area contributed by atoms with E-state index in [9.17, 15) is 9.90 Å². The molecule has 0 heterocycles. The molecule has 1 aromatic carbocycles. The highest BCUT2D eigenvalue weighted by atomic mass is 16.5. The van der Waals surface area contributed by atoms with Crippen LogP contribution in [0, 0.1) is 0 Å². The zero-order valence-corrected chi connectivity index (χ0v) is 11.5. The smallest absolute Gasteiger partial charge is 0.315 e. The second-order valence-electron chi connectivity index (χ2n) is 4.44. The van der Waals surface area contributed by atoms with E-state index >= 15 is 0 Å². The van der Waals surface area contributed by atoms with Crippen LogP contribution in [0.1, 0.15) is 24.5 Å². The summed E-state index contributed by atoms with van der Waals surface area (Å²) in [6.07, 6.45) is 0.775. The lowest BCUT2D eigenvalue weighted by molar-refractivity contribution is 0.184. The fourth-order valence-corrected chi connectivity index (χ4v) is 1.70. The van der Waals surface area contributed by atoms with Crippen LogP contribution < -0.4 is 10.6 Å². The molecule has 106 valence electrons. The zero-order valence-electron chi connectivity index (χ0n) is 11.5. The van der Waals surface area contributed by atoms with E-state index in [0.717, 1.165) is 17.5 Å². The molecule has 1 atom stereocenters. The van der Waals surface area contributed by atoms with Gasteiger partial charge in [0.05, 0.1) is 6.61 Å². The number of nitrogens with one attached hydrogen (secondary N) is 2. The summed E-state index contributed by atoms with van der Waals surface area (Å²) in [7, 11) is 1.64. The number of hydrogen-bond acceptors (Lipinski definition) is 3. The average Bonchev–Trinajstić information content (AvgIpc) is 2.43. The molecule has 1 rings (SSSR count). The Hall–Kier alpha value is -1.59. The summed E-state index contributed by atoms with van der Waals surface area (Å²) in [4.78, 5) is 11.7. The van der Waals surface area contributed by atoms with Crippen molar-refractivity contribution in [1.29, 1.82) is 0 Å². The molecule has 0 fully saturated rings. The van der Waals surface area contributed by atoms with E-state index in [1.807, 2.05) is 31.2 Å². The fraction of sp³-hybridized carbons (Fsp3) is 0.500. The van der Waals surface area contributed by atoms with Gasteiger partial charge in [-0.25, -0.2) is 4.79 Å². The van der Waals surface area contributed by atoms with E-state index in [4.69, 9.17) is 4.74 Å². The van der Waals surface area contributed by atoms with Crippen LogP contribution in [0.2, 0.25) is 0 Å². The number of aliphatic hydroxyl groups excluding tert-OH is 1. The van der Waals surface area contributed by atoms with Gasteiger partial charge in [-0.15, -0.1) is 0 Å². The number of benzene rings is 1. The minimum absolute atomic E-state index is 0.0241. The van der Waals surface area contributed by atoms with E-state index in [1.165, 1.54) is 0 Å². The number of carbonyl (C=O) groups excluding carboxylic acids is 1. The predicted molar refractivity (Wildman–Crippen MR) is 73.7 cm³/mol.